The molecule has 0 spiro atoms. The fourth-order valence-electron chi connectivity index (χ4n) is 4.34. The predicted molar refractivity (Wildman–Crippen MR) is 106 cm³/mol. The molecule has 3 atom stereocenters. The van der Waals surface area contributed by atoms with Crippen molar-refractivity contribution in [1.82, 2.24) is 20.7 Å². The number of piperazine rings is 1. The van der Waals surface area contributed by atoms with Crippen LogP contribution in [0.25, 0.3) is 0 Å². The van der Waals surface area contributed by atoms with Gasteiger partial charge in [-0.25, -0.2) is 10.9 Å². The van der Waals surface area contributed by atoms with Gasteiger partial charge < -0.3 is 4.90 Å². The lowest BCUT2D eigenvalue weighted by atomic mass is 9.96. The van der Waals surface area contributed by atoms with Crippen LogP contribution in [0.1, 0.15) is 55.8 Å². The number of hydrogen-bond acceptors (Lipinski definition) is 4. The zero-order chi connectivity index (χ0) is 18.7. The van der Waals surface area contributed by atoms with Crippen molar-refractivity contribution in [1.29, 1.82) is 0 Å². The molecule has 2 heterocycles. The summed E-state index contributed by atoms with van der Waals surface area (Å²) in [5.41, 5.74) is 10.4. The maximum absolute atomic E-state index is 12.9. The van der Waals surface area contributed by atoms with Gasteiger partial charge in [0.2, 0.25) is 5.91 Å². The van der Waals surface area contributed by atoms with E-state index in [2.05, 4.69) is 61.6 Å². The zero-order valence-electron chi connectivity index (χ0n) is 16.7. The summed E-state index contributed by atoms with van der Waals surface area (Å²) in [4.78, 5) is 17.5. The first-order valence-electron chi connectivity index (χ1n) is 10.1. The summed E-state index contributed by atoms with van der Waals surface area (Å²) in [6.07, 6.45) is 3.27. The molecule has 0 aliphatic carbocycles. The third-order valence-corrected chi connectivity index (χ3v) is 5.96. The monoisotopic (exact) mass is 358 g/mol. The second-order valence-corrected chi connectivity index (χ2v) is 7.99. The Hall–Kier alpha value is -1.43. The molecule has 2 aliphatic heterocycles. The van der Waals surface area contributed by atoms with E-state index in [0.717, 1.165) is 32.6 Å². The molecule has 1 amide bonds. The first kappa shape index (κ1) is 19.3. The summed E-state index contributed by atoms with van der Waals surface area (Å²) in [6.45, 7) is 12.5. The summed E-state index contributed by atoms with van der Waals surface area (Å²) in [5, 5.41) is 0. The van der Waals surface area contributed by atoms with Gasteiger partial charge in [-0.2, -0.15) is 0 Å². The number of rotatable bonds is 5. The highest BCUT2D eigenvalue weighted by Crippen LogP contribution is 2.26. The van der Waals surface area contributed by atoms with Crippen molar-refractivity contribution in [2.75, 3.05) is 26.2 Å². The number of carbonyl (C=O) groups excluding carboxylic acids is 1. The third-order valence-electron chi connectivity index (χ3n) is 5.96. The van der Waals surface area contributed by atoms with Crippen molar-refractivity contribution >= 4 is 5.91 Å². The average Bonchev–Trinajstić information content (AvgIpc) is 3.11. The van der Waals surface area contributed by atoms with E-state index in [0.29, 0.717) is 6.04 Å². The maximum Gasteiger partial charge on any atom is 0.241 e. The van der Waals surface area contributed by atoms with Crippen LogP contribution in [0.2, 0.25) is 0 Å². The summed E-state index contributed by atoms with van der Waals surface area (Å²) in [6, 6.07) is 7.25. The lowest BCUT2D eigenvalue weighted by Gasteiger charge is -2.38. The van der Waals surface area contributed by atoms with Crippen molar-refractivity contribution in [3.8, 4) is 0 Å². The molecule has 0 radical (unpaired) electrons. The van der Waals surface area contributed by atoms with Gasteiger partial charge in [0.05, 0.1) is 0 Å². The molecule has 5 heteroatoms. The molecular weight excluding hydrogens is 324 g/mol. The number of carbonyl (C=O) groups is 1. The second kappa shape index (κ2) is 8.51. The lowest BCUT2D eigenvalue weighted by molar-refractivity contribution is -0.135. The molecule has 3 rings (SSSR count). The Morgan fingerprint density at radius 3 is 2.58 bits per heavy atom. The molecule has 2 aliphatic rings. The van der Waals surface area contributed by atoms with Gasteiger partial charge in [0.15, 0.2) is 0 Å². The molecule has 2 saturated heterocycles. The minimum atomic E-state index is -0.125. The SMILES string of the molecule is CCCC(C)N1CCN(C(=O)C2CC(c3ccc(C)cc3C)NN2)CC1. The first-order valence-corrected chi connectivity index (χ1v) is 10.1. The first-order chi connectivity index (χ1) is 12.5. The van der Waals surface area contributed by atoms with Crippen molar-refractivity contribution < 1.29 is 4.79 Å². The van der Waals surface area contributed by atoms with E-state index in [1.807, 2.05) is 4.90 Å². The van der Waals surface area contributed by atoms with Crippen molar-refractivity contribution in [2.24, 2.45) is 0 Å². The van der Waals surface area contributed by atoms with Gasteiger partial charge in [0.25, 0.3) is 0 Å². The minimum absolute atomic E-state index is 0.125. The van der Waals surface area contributed by atoms with Gasteiger partial charge in [-0.05, 0) is 44.7 Å². The molecule has 0 bridgehead atoms. The predicted octanol–water partition coefficient (Wildman–Crippen LogP) is 2.54. The summed E-state index contributed by atoms with van der Waals surface area (Å²) >= 11 is 0. The van der Waals surface area contributed by atoms with Crippen LogP contribution in [-0.4, -0.2) is 54.0 Å². The van der Waals surface area contributed by atoms with E-state index in [4.69, 9.17) is 0 Å². The number of hydrogen-bond donors (Lipinski definition) is 2. The molecule has 144 valence electrons. The van der Waals surface area contributed by atoms with Crippen LogP contribution >= 0.6 is 0 Å². The largest absolute Gasteiger partial charge is 0.339 e. The maximum atomic E-state index is 12.9. The number of nitrogens with one attached hydrogen (secondary N) is 2. The zero-order valence-corrected chi connectivity index (χ0v) is 16.7. The second-order valence-electron chi connectivity index (χ2n) is 7.99. The van der Waals surface area contributed by atoms with E-state index < -0.39 is 0 Å². The van der Waals surface area contributed by atoms with Gasteiger partial charge in [-0.15, -0.1) is 0 Å². The number of benzene rings is 1. The molecule has 5 nitrogen and oxygen atoms in total. The van der Waals surface area contributed by atoms with E-state index in [-0.39, 0.29) is 18.0 Å². The topological polar surface area (TPSA) is 47.6 Å². The molecule has 1 aromatic carbocycles. The van der Waals surface area contributed by atoms with Crippen LogP contribution in [-0.2, 0) is 4.79 Å². The Kier molecular flexibility index (Phi) is 6.33. The molecule has 26 heavy (non-hydrogen) atoms. The van der Waals surface area contributed by atoms with Gasteiger partial charge in [0, 0.05) is 38.3 Å². The highest BCUT2D eigenvalue weighted by Gasteiger charge is 2.34. The Bertz CT molecular complexity index is 624. The molecule has 0 saturated carbocycles. The van der Waals surface area contributed by atoms with Crippen molar-refractivity contribution in [3.05, 3.63) is 34.9 Å². The van der Waals surface area contributed by atoms with Crippen LogP contribution in [0.15, 0.2) is 18.2 Å². The Balaban J connectivity index is 1.54. The third kappa shape index (κ3) is 4.27. The Morgan fingerprint density at radius 1 is 1.19 bits per heavy atom. The van der Waals surface area contributed by atoms with Gasteiger partial charge >= 0.3 is 0 Å². The lowest BCUT2D eigenvalue weighted by Crippen LogP contribution is -2.55. The van der Waals surface area contributed by atoms with Crippen molar-refractivity contribution in [3.63, 3.8) is 0 Å². The van der Waals surface area contributed by atoms with Crippen LogP contribution in [0.4, 0.5) is 0 Å². The number of aryl methyl sites for hydroxylation is 2. The highest BCUT2D eigenvalue weighted by atomic mass is 16.2. The van der Waals surface area contributed by atoms with E-state index in [1.54, 1.807) is 0 Å². The van der Waals surface area contributed by atoms with Gasteiger partial charge in [-0.3, -0.25) is 9.69 Å². The van der Waals surface area contributed by atoms with Gasteiger partial charge in [0.1, 0.15) is 6.04 Å². The molecular formula is C21H34N4O. The molecule has 2 fully saturated rings. The normalized spacial score (nSPS) is 25.5. The molecule has 0 aromatic heterocycles. The van der Waals surface area contributed by atoms with Crippen LogP contribution < -0.4 is 10.9 Å². The van der Waals surface area contributed by atoms with Crippen LogP contribution in [0.5, 0.6) is 0 Å². The molecule has 2 N–H and O–H groups in total. The van der Waals surface area contributed by atoms with E-state index in [9.17, 15) is 4.79 Å². The number of amides is 1. The van der Waals surface area contributed by atoms with E-state index >= 15 is 0 Å². The molecule has 3 unspecified atom stereocenters. The summed E-state index contributed by atoms with van der Waals surface area (Å²) < 4.78 is 0. The Labute approximate surface area is 158 Å². The fraction of sp³-hybridized carbons (Fsp3) is 0.667. The number of hydrazine groups is 1. The van der Waals surface area contributed by atoms with E-state index in [1.165, 1.54) is 29.5 Å². The summed E-state index contributed by atoms with van der Waals surface area (Å²) in [5.74, 6) is 0.243. The fourth-order valence-corrected chi connectivity index (χ4v) is 4.34. The van der Waals surface area contributed by atoms with Crippen LogP contribution in [0, 0.1) is 13.8 Å². The van der Waals surface area contributed by atoms with Crippen LogP contribution in [0.3, 0.4) is 0 Å². The summed E-state index contributed by atoms with van der Waals surface area (Å²) in [7, 11) is 0. The standard InChI is InChI=1S/C21H34N4O/c1-5-6-17(4)24-9-11-25(12-10-24)21(26)20-14-19(22-23-20)18-8-7-15(2)13-16(18)3/h7-8,13,17,19-20,22-23H,5-6,9-12,14H2,1-4H3. The minimum Gasteiger partial charge on any atom is -0.339 e. The quantitative estimate of drug-likeness (QED) is 0.849. The number of nitrogens with zero attached hydrogens (tertiary/aromatic N) is 2. The van der Waals surface area contributed by atoms with Gasteiger partial charge in [-0.1, -0.05) is 37.1 Å². The Morgan fingerprint density at radius 2 is 1.92 bits per heavy atom. The van der Waals surface area contributed by atoms with Crippen molar-refractivity contribution in [2.45, 2.75) is 65.1 Å². The average molecular weight is 359 g/mol. The highest BCUT2D eigenvalue weighted by molar-refractivity contribution is 5.82. The molecule has 1 aromatic rings. The smallest absolute Gasteiger partial charge is 0.241 e.